The molecule has 0 aromatic rings. The van der Waals surface area contributed by atoms with Crippen molar-refractivity contribution >= 4 is 5.91 Å². The van der Waals surface area contributed by atoms with Crippen molar-refractivity contribution in [3.05, 3.63) is 0 Å². The molecule has 1 unspecified atom stereocenters. The highest BCUT2D eigenvalue weighted by Gasteiger charge is 2.24. The summed E-state index contributed by atoms with van der Waals surface area (Å²) >= 11 is 0. The van der Waals surface area contributed by atoms with Gasteiger partial charge in [0.2, 0.25) is 5.91 Å². The molecule has 0 radical (unpaired) electrons. The number of rotatable bonds is 6. The Hall–Kier alpha value is -0.570. The van der Waals surface area contributed by atoms with Crippen molar-refractivity contribution in [3.63, 3.8) is 0 Å². The number of amides is 1. The van der Waals surface area contributed by atoms with E-state index in [1.165, 1.54) is 32.1 Å². The van der Waals surface area contributed by atoms with E-state index in [2.05, 4.69) is 12.2 Å². The molecule has 0 heterocycles. The highest BCUT2D eigenvalue weighted by Crippen LogP contribution is 2.26. The Morgan fingerprint density at radius 1 is 1.17 bits per heavy atom. The Bertz CT molecular complexity index is 245. The van der Waals surface area contributed by atoms with Crippen LogP contribution in [0.15, 0.2) is 0 Å². The molecule has 0 saturated heterocycles. The number of hydrogen-bond donors (Lipinski definition) is 1. The topological polar surface area (TPSA) is 32.3 Å². The second-order valence-electron chi connectivity index (χ2n) is 5.59. The van der Waals surface area contributed by atoms with Crippen LogP contribution in [-0.2, 0) is 4.79 Å². The van der Waals surface area contributed by atoms with Gasteiger partial charge in [-0.15, -0.1) is 0 Å². The molecule has 1 amide bonds. The summed E-state index contributed by atoms with van der Waals surface area (Å²) < 4.78 is 0. The average Bonchev–Trinajstić information content (AvgIpc) is 2.40. The highest BCUT2D eigenvalue weighted by atomic mass is 16.2. The number of carbonyl (C=O) groups excluding carboxylic acids is 1. The van der Waals surface area contributed by atoms with Crippen LogP contribution in [0.3, 0.4) is 0 Å². The highest BCUT2D eigenvalue weighted by molar-refractivity contribution is 5.81. The SMILES string of the molecule is CCN(CC)C(=O)C(C)N[C@H](C)C1CCCCC1. The zero-order valence-corrected chi connectivity index (χ0v) is 12.5. The van der Waals surface area contributed by atoms with E-state index >= 15 is 0 Å². The third-order valence-electron chi connectivity index (χ3n) is 4.32. The van der Waals surface area contributed by atoms with Crippen LogP contribution >= 0.6 is 0 Å². The van der Waals surface area contributed by atoms with Gasteiger partial charge in [-0.3, -0.25) is 4.79 Å². The van der Waals surface area contributed by atoms with Gasteiger partial charge in [0.25, 0.3) is 0 Å². The first-order valence-electron chi connectivity index (χ1n) is 7.64. The number of likely N-dealkylation sites (N-methyl/N-ethyl adjacent to an activating group) is 1. The lowest BCUT2D eigenvalue weighted by Gasteiger charge is -2.32. The molecule has 0 aliphatic heterocycles. The Morgan fingerprint density at radius 3 is 2.22 bits per heavy atom. The van der Waals surface area contributed by atoms with E-state index in [1.54, 1.807) is 0 Å². The molecule has 3 heteroatoms. The molecule has 1 N–H and O–H groups in total. The third kappa shape index (κ3) is 4.27. The predicted octanol–water partition coefficient (Wildman–Crippen LogP) is 2.80. The van der Waals surface area contributed by atoms with Gasteiger partial charge in [-0.25, -0.2) is 0 Å². The van der Waals surface area contributed by atoms with Crippen molar-refractivity contribution in [2.45, 2.75) is 71.9 Å². The van der Waals surface area contributed by atoms with E-state index in [0.717, 1.165) is 19.0 Å². The van der Waals surface area contributed by atoms with Gasteiger partial charge in [-0.2, -0.15) is 0 Å². The van der Waals surface area contributed by atoms with Crippen LogP contribution in [0.25, 0.3) is 0 Å². The molecule has 0 bridgehead atoms. The molecule has 1 rings (SSSR count). The van der Waals surface area contributed by atoms with Gasteiger partial charge in [0.15, 0.2) is 0 Å². The second-order valence-corrected chi connectivity index (χ2v) is 5.59. The van der Waals surface area contributed by atoms with Crippen LogP contribution in [0, 0.1) is 5.92 Å². The molecular weight excluding hydrogens is 224 g/mol. The van der Waals surface area contributed by atoms with E-state index in [-0.39, 0.29) is 11.9 Å². The lowest BCUT2D eigenvalue weighted by molar-refractivity contribution is -0.132. The van der Waals surface area contributed by atoms with E-state index in [9.17, 15) is 4.79 Å². The second kappa shape index (κ2) is 7.78. The zero-order chi connectivity index (χ0) is 13.5. The fourth-order valence-electron chi connectivity index (χ4n) is 3.05. The lowest BCUT2D eigenvalue weighted by Crippen LogP contribution is -2.49. The minimum absolute atomic E-state index is 0.0539. The van der Waals surface area contributed by atoms with Crippen molar-refractivity contribution in [3.8, 4) is 0 Å². The maximum absolute atomic E-state index is 12.2. The van der Waals surface area contributed by atoms with Gasteiger partial charge in [0.1, 0.15) is 0 Å². The Labute approximate surface area is 112 Å². The van der Waals surface area contributed by atoms with Crippen LogP contribution in [0.5, 0.6) is 0 Å². The first-order valence-corrected chi connectivity index (χ1v) is 7.64. The van der Waals surface area contributed by atoms with Gasteiger partial charge in [-0.05, 0) is 46.5 Å². The van der Waals surface area contributed by atoms with Crippen molar-refractivity contribution < 1.29 is 4.79 Å². The number of nitrogens with zero attached hydrogens (tertiary/aromatic N) is 1. The lowest BCUT2D eigenvalue weighted by atomic mass is 9.84. The monoisotopic (exact) mass is 254 g/mol. The van der Waals surface area contributed by atoms with Gasteiger partial charge in [0, 0.05) is 19.1 Å². The maximum Gasteiger partial charge on any atom is 0.239 e. The van der Waals surface area contributed by atoms with E-state index in [0.29, 0.717) is 6.04 Å². The molecule has 0 aromatic carbocycles. The largest absolute Gasteiger partial charge is 0.342 e. The summed E-state index contributed by atoms with van der Waals surface area (Å²) in [6, 6.07) is 0.404. The number of nitrogens with one attached hydrogen (secondary N) is 1. The Morgan fingerprint density at radius 2 is 1.72 bits per heavy atom. The molecule has 3 nitrogen and oxygen atoms in total. The van der Waals surface area contributed by atoms with Crippen LogP contribution in [0.2, 0.25) is 0 Å². The van der Waals surface area contributed by atoms with Crippen molar-refractivity contribution in [1.82, 2.24) is 10.2 Å². The quantitative estimate of drug-likeness (QED) is 0.790. The van der Waals surface area contributed by atoms with Crippen molar-refractivity contribution in [2.75, 3.05) is 13.1 Å². The van der Waals surface area contributed by atoms with Gasteiger partial charge in [-0.1, -0.05) is 19.3 Å². The summed E-state index contributed by atoms with van der Waals surface area (Å²) in [4.78, 5) is 14.1. The standard InChI is InChI=1S/C15H30N2O/c1-5-17(6-2)15(18)13(4)16-12(3)14-10-8-7-9-11-14/h12-14,16H,5-11H2,1-4H3/t12-,13?/m1/s1. The molecule has 0 aromatic heterocycles. The van der Waals surface area contributed by atoms with E-state index in [1.807, 2.05) is 25.7 Å². The van der Waals surface area contributed by atoms with Crippen LogP contribution in [0.4, 0.5) is 0 Å². The summed E-state index contributed by atoms with van der Waals surface area (Å²) in [5, 5.41) is 3.51. The minimum atomic E-state index is -0.0539. The predicted molar refractivity (Wildman–Crippen MR) is 76.6 cm³/mol. The molecule has 18 heavy (non-hydrogen) atoms. The number of hydrogen-bond acceptors (Lipinski definition) is 2. The first kappa shape index (κ1) is 15.5. The molecule has 106 valence electrons. The summed E-state index contributed by atoms with van der Waals surface area (Å²) in [5.41, 5.74) is 0. The van der Waals surface area contributed by atoms with Crippen LogP contribution in [0.1, 0.15) is 59.8 Å². The van der Waals surface area contributed by atoms with Crippen LogP contribution < -0.4 is 5.32 Å². The van der Waals surface area contributed by atoms with Gasteiger partial charge < -0.3 is 10.2 Å². The van der Waals surface area contributed by atoms with Crippen LogP contribution in [-0.4, -0.2) is 36.0 Å². The molecule has 2 atom stereocenters. The fraction of sp³-hybridized carbons (Fsp3) is 0.933. The summed E-state index contributed by atoms with van der Waals surface area (Å²) in [6.07, 6.45) is 6.74. The van der Waals surface area contributed by atoms with Crippen molar-refractivity contribution in [2.24, 2.45) is 5.92 Å². The minimum Gasteiger partial charge on any atom is -0.342 e. The molecule has 1 saturated carbocycles. The average molecular weight is 254 g/mol. The van der Waals surface area contributed by atoms with Gasteiger partial charge >= 0.3 is 0 Å². The molecule has 1 aliphatic rings. The fourth-order valence-corrected chi connectivity index (χ4v) is 3.05. The maximum atomic E-state index is 12.2. The summed E-state index contributed by atoms with van der Waals surface area (Å²) in [5.74, 6) is 0.994. The van der Waals surface area contributed by atoms with E-state index < -0.39 is 0 Å². The molecule has 1 aliphatic carbocycles. The molecule has 0 spiro atoms. The van der Waals surface area contributed by atoms with E-state index in [4.69, 9.17) is 0 Å². The van der Waals surface area contributed by atoms with Crippen molar-refractivity contribution in [1.29, 1.82) is 0 Å². The Balaban J connectivity index is 2.42. The van der Waals surface area contributed by atoms with Gasteiger partial charge in [0.05, 0.1) is 6.04 Å². The molecule has 1 fully saturated rings. The normalized spacial score (nSPS) is 20.4. The zero-order valence-electron chi connectivity index (χ0n) is 12.5. The summed E-state index contributed by atoms with van der Waals surface area (Å²) in [6.45, 7) is 9.93. The Kier molecular flexibility index (Phi) is 6.69. The number of carbonyl (C=O) groups is 1. The smallest absolute Gasteiger partial charge is 0.239 e. The summed E-state index contributed by atoms with van der Waals surface area (Å²) in [7, 11) is 0. The first-order chi connectivity index (χ1) is 8.60. The molecular formula is C15H30N2O. The third-order valence-corrected chi connectivity index (χ3v) is 4.32.